The Morgan fingerprint density at radius 2 is 2.05 bits per heavy atom. The van der Waals surface area contributed by atoms with Crippen LogP contribution in [0, 0.1) is 0 Å². The van der Waals surface area contributed by atoms with Crippen LogP contribution >= 0.6 is 0 Å². The highest BCUT2D eigenvalue weighted by Gasteiger charge is 2.50. The van der Waals surface area contributed by atoms with E-state index in [9.17, 15) is 9.59 Å². The minimum absolute atomic E-state index is 0.227. The number of pyridine rings is 1. The van der Waals surface area contributed by atoms with Crippen LogP contribution in [0.5, 0.6) is 5.88 Å². The second-order valence-corrected chi connectivity index (χ2v) is 4.76. The highest BCUT2D eigenvalue weighted by atomic mass is 16.5. The van der Waals surface area contributed by atoms with Crippen molar-refractivity contribution in [1.82, 2.24) is 15.2 Å². The summed E-state index contributed by atoms with van der Waals surface area (Å²) in [7, 11) is 1.54. The Hall–Kier alpha value is -2.11. The molecule has 0 aliphatic carbocycles. The maximum Gasteiger partial charge on any atom is 0.325 e. The summed E-state index contributed by atoms with van der Waals surface area (Å²) >= 11 is 0. The predicted molar refractivity (Wildman–Crippen MR) is 73.2 cm³/mol. The van der Waals surface area contributed by atoms with E-state index < -0.39 is 5.54 Å². The van der Waals surface area contributed by atoms with Gasteiger partial charge in [-0.2, -0.15) is 0 Å². The number of hydrogen-bond donors (Lipinski definition) is 1. The molecule has 0 bridgehead atoms. The molecule has 0 radical (unpaired) electrons. The summed E-state index contributed by atoms with van der Waals surface area (Å²) in [6.07, 6.45) is 2.78. The summed E-state index contributed by atoms with van der Waals surface area (Å²) in [5, 5.41) is 2.40. The van der Waals surface area contributed by atoms with Gasteiger partial charge in [0.2, 0.25) is 5.88 Å². The van der Waals surface area contributed by atoms with Crippen molar-refractivity contribution >= 4 is 11.9 Å². The van der Waals surface area contributed by atoms with Crippen molar-refractivity contribution in [3.05, 3.63) is 23.9 Å². The molecule has 1 saturated heterocycles. The first-order chi connectivity index (χ1) is 9.58. The van der Waals surface area contributed by atoms with Crippen LogP contribution in [-0.4, -0.2) is 34.5 Å². The number of ether oxygens (including phenoxy) is 1. The van der Waals surface area contributed by atoms with Crippen LogP contribution in [0.3, 0.4) is 0 Å². The van der Waals surface area contributed by atoms with E-state index in [1.807, 2.05) is 19.9 Å². The number of nitrogens with one attached hydrogen (secondary N) is 1. The van der Waals surface area contributed by atoms with Crippen LogP contribution in [-0.2, 0) is 11.3 Å². The van der Waals surface area contributed by atoms with Crippen LogP contribution in [0.1, 0.15) is 32.3 Å². The zero-order chi connectivity index (χ0) is 14.8. The van der Waals surface area contributed by atoms with E-state index in [0.29, 0.717) is 25.3 Å². The summed E-state index contributed by atoms with van der Waals surface area (Å²) in [4.78, 5) is 29.9. The normalized spacial score (nSPS) is 17.2. The van der Waals surface area contributed by atoms with Crippen LogP contribution in [0.15, 0.2) is 18.3 Å². The lowest BCUT2D eigenvalue weighted by Crippen LogP contribution is -2.48. The van der Waals surface area contributed by atoms with Gasteiger partial charge in [0.1, 0.15) is 5.54 Å². The lowest BCUT2D eigenvalue weighted by atomic mass is 9.91. The zero-order valence-electron chi connectivity index (χ0n) is 12.0. The summed E-state index contributed by atoms with van der Waals surface area (Å²) in [6, 6.07) is 3.27. The van der Waals surface area contributed by atoms with E-state index in [1.165, 1.54) is 7.11 Å². The summed E-state index contributed by atoms with van der Waals surface area (Å²) in [6.45, 7) is 4.13. The molecule has 2 heterocycles. The molecule has 0 aromatic carbocycles. The fraction of sp³-hybridized carbons (Fsp3) is 0.500. The van der Waals surface area contributed by atoms with Crippen molar-refractivity contribution in [2.45, 2.75) is 38.8 Å². The van der Waals surface area contributed by atoms with Gasteiger partial charge in [-0.25, -0.2) is 9.78 Å². The Labute approximate surface area is 118 Å². The molecule has 1 aliphatic heterocycles. The third kappa shape index (κ3) is 2.11. The van der Waals surface area contributed by atoms with Gasteiger partial charge in [0.15, 0.2) is 0 Å². The number of carbonyl (C=O) groups is 2. The Bertz CT molecular complexity index is 526. The molecule has 1 N–H and O–H groups in total. The molecule has 0 spiro atoms. The summed E-state index contributed by atoms with van der Waals surface area (Å²) < 4.78 is 5.20. The minimum atomic E-state index is -0.780. The standard InChI is InChI=1S/C14H19N3O3/c1-4-14(5-2)12(18)16-13(19)17(14)9-10-7-6-8-15-11(10)20-3/h6-8H,4-5,9H2,1-3H3,(H,16,18,19). The number of aromatic nitrogens is 1. The number of rotatable bonds is 5. The van der Waals surface area contributed by atoms with Crippen molar-refractivity contribution in [2.75, 3.05) is 7.11 Å². The lowest BCUT2D eigenvalue weighted by Gasteiger charge is -2.33. The van der Waals surface area contributed by atoms with Gasteiger partial charge in [-0.05, 0) is 18.9 Å². The molecule has 6 nitrogen and oxygen atoms in total. The van der Waals surface area contributed by atoms with Gasteiger partial charge in [0, 0.05) is 11.8 Å². The first kappa shape index (κ1) is 14.3. The van der Waals surface area contributed by atoms with Gasteiger partial charge in [-0.1, -0.05) is 19.9 Å². The number of amides is 3. The molecule has 0 unspecified atom stereocenters. The van der Waals surface area contributed by atoms with Crippen LogP contribution in [0.4, 0.5) is 4.79 Å². The number of carbonyl (C=O) groups excluding carboxylic acids is 2. The van der Waals surface area contributed by atoms with Crippen LogP contribution in [0.25, 0.3) is 0 Å². The molecule has 108 valence electrons. The average Bonchev–Trinajstić information content (AvgIpc) is 2.70. The summed E-state index contributed by atoms with van der Waals surface area (Å²) in [5.74, 6) is 0.246. The fourth-order valence-electron chi connectivity index (χ4n) is 2.67. The van der Waals surface area contributed by atoms with Crippen molar-refractivity contribution in [3.8, 4) is 5.88 Å². The topological polar surface area (TPSA) is 71.5 Å². The van der Waals surface area contributed by atoms with Gasteiger partial charge in [0.05, 0.1) is 13.7 Å². The lowest BCUT2D eigenvalue weighted by molar-refractivity contribution is -0.127. The molecular formula is C14H19N3O3. The molecule has 6 heteroatoms. The largest absolute Gasteiger partial charge is 0.481 e. The Morgan fingerprint density at radius 1 is 1.35 bits per heavy atom. The van der Waals surface area contributed by atoms with Gasteiger partial charge in [0.25, 0.3) is 5.91 Å². The van der Waals surface area contributed by atoms with Crippen molar-refractivity contribution in [2.24, 2.45) is 0 Å². The monoisotopic (exact) mass is 277 g/mol. The molecule has 1 aromatic rings. The highest BCUT2D eigenvalue weighted by molar-refractivity contribution is 6.06. The molecule has 1 aliphatic rings. The smallest absolute Gasteiger partial charge is 0.325 e. The molecule has 1 fully saturated rings. The Morgan fingerprint density at radius 3 is 2.65 bits per heavy atom. The van der Waals surface area contributed by atoms with E-state index in [1.54, 1.807) is 17.2 Å². The molecule has 20 heavy (non-hydrogen) atoms. The zero-order valence-corrected chi connectivity index (χ0v) is 12.0. The average molecular weight is 277 g/mol. The third-order valence-corrected chi connectivity index (χ3v) is 3.95. The molecular weight excluding hydrogens is 258 g/mol. The molecule has 0 saturated carbocycles. The molecule has 3 amide bonds. The van der Waals surface area contributed by atoms with Gasteiger partial charge < -0.3 is 9.64 Å². The van der Waals surface area contributed by atoms with Gasteiger partial charge >= 0.3 is 6.03 Å². The van der Waals surface area contributed by atoms with Crippen molar-refractivity contribution in [3.63, 3.8) is 0 Å². The molecule has 1 aromatic heterocycles. The van der Waals surface area contributed by atoms with Crippen LogP contribution < -0.4 is 10.1 Å². The molecule has 0 atom stereocenters. The second-order valence-electron chi connectivity index (χ2n) is 4.76. The van der Waals surface area contributed by atoms with E-state index in [4.69, 9.17) is 4.74 Å². The first-order valence-corrected chi connectivity index (χ1v) is 6.70. The number of hydrogen-bond acceptors (Lipinski definition) is 4. The van der Waals surface area contributed by atoms with E-state index in [-0.39, 0.29) is 11.9 Å². The first-order valence-electron chi connectivity index (χ1n) is 6.70. The van der Waals surface area contributed by atoms with E-state index in [2.05, 4.69) is 10.3 Å². The predicted octanol–water partition coefficient (Wildman–Crippen LogP) is 1.70. The third-order valence-electron chi connectivity index (χ3n) is 3.95. The minimum Gasteiger partial charge on any atom is -0.481 e. The SMILES string of the molecule is CCC1(CC)C(=O)NC(=O)N1Cc1cccnc1OC. The highest BCUT2D eigenvalue weighted by Crippen LogP contribution is 2.32. The van der Waals surface area contributed by atoms with Crippen molar-refractivity contribution < 1.29 is 14.3 Å². The van der Waals surface area contributed by atoms with Gasteiger partial charge in [-0.3, -0.25) is 10.1 Å². The number of nitrogens with zero attached hydrogens (tertiary/aromatic N) is 2. The Balaban J connectivity index is 2.35. The van der Waals surface area contributed by atoms with Gasteiger partial charge in [-0.15, -0.1) is 0 Å². The number of methoxy groups -OCH3 is 1. The Kier molecular flexibility index (Phi) is 3.92. The summed E-state index contributed by atoms with van der Waals surface area (Å²) in [5.41, 5.74) is 0.00362. The second kappa shape index (κ2) is 5.48. The number of urea groups is 1. The van der Waals surface area contributed by atoms with E-state index >= 15 is 0 Å². The quantitative estimate of drug-likeness (QED) is 0.831. The number of imide groups is 1. The molecule has 2 rings (SSSR count). The maximum absolute atomic E-state index is 12.1. The fourth-order valence-corrected chi connectivity index (χ4v) is 2.67. The van der Waals surface area contributed by atoms with E-state index in [0.717, 1.165) is 5.56 Å². The van der Waals surface area contributed by atoms with Crippen molar-refractivity contribution in [1.29, 1.82) is 0 Å². The maximum atomic E-state index is 12.1. The van der Waals surface area contributed by atoms with Crippen LogP contribution in [0.2, 0.25) is 0 Å².